The van der Waals surface area contributed by atoms with Crippen molar-refractivity contribution in [3.63, 3.8) is 0 Å². The number of H-pyrrole nitrogens is 1. The van der Waals surface area contributed by atoms with E-state index in [1.807, 2.05) is 30.3 Å². The predicted molar refractivity (Wildman–Crippen MR) is 97.3 cm³/mol. The third-order valence-corrected chi connectivity index (χ3v) is 5.61. The van der Waals surface area contributed by atoms with Crippen LogP contribution in [0.25, 0.3) is 22.0 Å². The molecule has 0 atom stereocenters. The normalized spacial score (nSPS) is 15.7. The number of nitrogens with one attached hydrogen (secondary N) is 1. The Morgan fingerprint density at radius 3 is 2.48 bits per heavy atom. The minimum atomic E-state index is -0.756. The van der Waals surface area contributed by atoms with E-state index < -0.39 is 11.4 Å². The monoisotopic (exact) mass is 353 g/mol. The largest absolute Gasteiger partial charge is 0.481 e. The molecule has 4 rings (SSSR count). The van der Waals surface area contributed by atoms with E-state index in [1.54, 1.807) is 12.3 Å². The van der Waals surface area contributed by atoms with Crippen molar-refractivity contribution in [1.82, 2.24) is 4.98 Å². The number of aldehydes is 1. The van der Waals surface area contributed by atoms with Gasteiger partial charge in [-0.3, -0.25) is 9.59 Å². The van der Waals surface area contributed by atoms with E-state index in [0.717, 1.165) is 40.3 Å². The van der Waals surface area contributed by atoms with Crippen LogP contribution in [-0.2, 0) is 10.2 Å². The summed E-state index contributed by atoms with van der Waals surface area (Å²) in [5.74, 6) is -0.756. The van der Waals surface area contributed by atoms with E-state index in [0.29, 0.717) is 23.4 Å². The average molecular weight is 354 g/mol. The highest BCUT2D eigenvalue weighted by Gasteiger charge is 2.45. The van der Waals surface area contributed by atoms with Crippen molar-refractivity contribution in [2.24, 2.45) is 0 Å². The second-order valence-corrected chi connectivity index (χ2v) is 6.96. The number of carbonyl (C=O) groups excluding carboxylic acids is 1. The van der Waals surface area contributed by atoms with Crippen molar-refractivity contribution in [2.75, 3.05) is 0 Å². The highest BCUT2D eigenvalue weighted by atomic mass is 35.5. The number of hydrogen-bond acceptors (Lipinski definition) is 2. The lowest BCUT2D eigenvalue weighted by Gasteiger charge is -2.38. The lowest BCUT2D eigenvalue weighted by molar-refractivity contribution is -0.147. The summed E-state index contributed by atoms with van der Waals surface area (Å²) in [5.41, 5.74) is 3.21. The van der Waals surface area contributed by atoms with Crippen LogP contribution in [0.1, 0.15) is 35.2 Å². The number of aromatic amines is 1. The number of rotatable bonds is 4. The average Bonchev–Trinajstić information content (AvgIpc) is 2.95. The van der Waals surface area contributed by atoms with E-state index in [-0.39, 0.29) is 0 Å². The molecule has 4 nitrogen and oxygen atoms in total. The van der Waals surface area contributed by atoms with Gasteiger partial charge in [-0.2, -0.15) is 0 Å². The predicted octanol–water partition coefficient (Wildman–Crippen LogP) is 4.81. The fraction of sp³-hybridized carbons (Fsp3) is 0.200. The molecule has 126 valence electrons. The Labute approximate surface area is 149 Å². The first-order valence-corrected chi connectivity index (χ1v) is 8.53. The number of aliphatic carboxylic acids is 1. The zero-order valence-corrected chi connectivity index (χ0v) is 14.1. The molecule has 0 spiro atoms. The SMILES string of the molecule is O=Cc1c[nH]c2cc(Cl)c(-c3ccc(C4(C(=O)O)CCC4)cc3)cc12. The number of carboxylic acid groups (broad SMARTS) is 1. The molecular formula is C20H16ClNO3. The Morgan fingerprint density at radius 1 is 1.20 bits per heavy atom. The first-order valence-electron chi connectivity index (χ1n) is 8.15. The number of fused-ring (bicyclic) bond motifs is 1. The highest BCUT2D eigenvalue weighted by Crippen LogP contribution is 2.44. The quantitative estimate of drug-likeness (QED) is 0.661. The van der Waals surface area contributed by atoms with Crippen LogP contribution in [-0.4, -0.2) is 22.3 Å². The third-order valence-electron chi connectivity index (χ3n) is 5.29. The molecule has 1 saturated carbocycles. The maximum Gasteiger partial charge on any atom is 0.314 e. The van der Waals surface area contributed by atoms with E-state index in [9.17, 15) is 14.7 Å². The molecule has 5 heteroatoms. The summed E-state index contributed by atoms with van der Waals surface area (Å²) in [6.07, 6.45) is 4.78. The van der Waals surface area contributed by atoms with Crippen LogP contribution in [0.5, 0.6) is 0 Å². The standard InChI is InChI=1S/C20H16ClNO3/c21-17-9-18-16(13(11-23)10-22-18)8-15(17)12-2-4-14(5-3-12)20(19(24)25)6-1-7-20/h2-5,8-11,22H,1,6-7H2,(H,24,25). The van der Waals surface area contributed by atoms with Crippen LogP contribution in [0.15, 0.2) is 42.6 Å². The molecule has 0 bridgehead atoms. The van der Waals surface area contributed by atoms with Gasteiger partial charge in [0.1, 0.15) is 0 Å². The summed E-state index contributed by atoms with van der Waals surface area (Å²) >= 11 is 6.41. The lowest BCUT2D eigenvalue weighted by Crippen LogP contribution is -2.42. The molecule has 0 saturated heterocycles. The smallest absolute Gasteiger partial charge is 0.314 e. The summed E-state index contributed by atoms with van der Waals surface area (Å²) in [7, 11) is 0. The Kier molecular flexibility index (Phi) is 3.65. The maximum atomic E-state index is 11.6. The van der Waals surface area contributed by atoms with Gasteiger partial charge in [-0.15, -0.1) is 0 Å². The number of halogens is 1. The summed E-state index contributed by atoms with van der Waals surface area (Å²) in [6, 6.07) is 11.3. The van der Waals surface area contributed by atoms with Crippen LogP contribution < -0.4 is 0 Å². The summed E-state index contributed by atoms with van der Waals surface area (Å²) < 4.78 is 0. The van der Waals surface area contributed by atoms with Gasteiger partial charge in [0.15, 0.2) is 6.29 Å². The number of hydrogen-bond donors (Lipinski definition) is 2. The number of benzene rings is 2. The molecule has 3 aromatic rings. The van der Waals surface area contributed by atoms with Gasteiger partial charge in [0.25, 0.3) is 0 Å². The highest BCUT2D eigenvalue weighted by molar-refractivity contribution is 6.34. The fourth-order valence-corrected chi connectivity index (χ4v) is 3.88. The van der Waals surface area contributed by atoms with Gasteiger partial charge < -0.3 is 10.1 Å². The molecule has 25 heavy (non-hydrogen) atoms. The summed E-state index contributed by atoms with van der Waals surface area (Å²) in [4.78, 5) is 25.8. The van der Waals surface area contributed by atoms with Gasteiger partial charge >= 0.3 is 5.97 Å². The molecule has 0 aliphatic heterocycles. The molecule has 1 fully saturated rings. The van der Waals surface area contributed by atoms with Crippen LogP contribution in [0.3, 0.4) is 0 Å². The van der Waals surface area contributed by atoms with Gasteiger partial charge in [-0.05, 0) is 36.1 Å². The van der Waals surface area contributed by atoms with Gasteiger partial charge in [0, 0.05) is 28.2 Å². The Balaban J connectivity index is 1.77. The van der Waals surface area contributed by atoms with Crippen LogP contribution >= 0.6 is 11.6 Å². The molecule has 1 aromatic heterocycles. The molecule has 1 aliphatic carbocycles. The Bertz CT molecular complexity index is 984. The second kappa shape index (κ2) is 5.74. The van der Waals surface area contributed by atoms with Crippen LogP contribution in [0, 0.1) is 0 Å². The molecule has 1 aliphatic rings. The topological polar surface area (TPSA) is 70.2 Å². The zero-order chi connectivity index (χ0) is 17.6. The van der Waals surface area contributed by atoms with Crippen molar-refractivity contribution in [2.45, 2.75) is 24.7 Å². The van der Waals surface area contributed by atoms with Crippen LogP contribution in [0.4, 0.5) is 0 Å². The molecule has 2 N–H and O–H groups in total. The zero-order valence-electron chi connectivity index (χ0n) is 13.4. The first kappa shape index (κ1) is 15.9. The van der Waals surface area contributed by atoms with Gasteiger partial charge in [0.05, 0.1) is 10.4 Å². The van der Waals surface area contributed by atoms with E-state index in [4.69, 9.17) is 11.6 Å². The van der Waals surface area contributed by atoms with Gasteiger partial charge in [-0.25, -0.2) is 0 Å². The fourth-order valence-electron chi connectivity index (χ4n) is 3.61. The Hall–Kier alpha value is -2.59. The van der Waals surface area contributed by atoms with E-state index >= 15 is 0 Å². The number of carboxylic acids is 1. The molecule has 0 amide bonds. The number of aromatic nitrogens is 1. The van der Waals surface area contributed by atoms with E-state index in [2.05, 4.69) is 4.98 Å². The minimum absolute atomic E-state index is 0.580. The van der Waals surface area contributed by atoms with Gasteiger partial charge in [-0.1, -0.05) is 42.3 Å². The Morgan fingerprint density at radius 2 is 1.92 bits per heavy atom. The maximum absolute atomic E-state index is 11.6. The number of carbonyl (C=O) groups is 2. The first-order chi connectivity index (χ1) is 12.0. The molecular weight excluding hydrogens is 338 g/mol. The summed E-state index contributed by atoms with van der Waals surface area (Å²) in [5, 5.41) is 11.0. The van der Waals surface area contributed by atoms with Crippen LogP contribution in [0.2, 0.25) is 5.02 Å². The molecule has 0 radical (unpaired) electrons. The third kappa shape index (κ3) is 2.36. The summed E-state index contributed by atoms with van der Waals surface area (Å²) in [6.45, 7) is 0. The minimum Gasteiger partial charge on any atom is -0.481 e. The lowest BCUT2D eigenvalue weighted by atomic mass is 9.64. The van der Waals surface area contributed by atoms with Crippen molar-refractivity contribution in [3.8, 4) is 11.1 Å². The van der Waals surface area contributed by atoms with E-state index in [1.165, 1.54) is 0 Å². The van der Waals surface area contributed by atoms with Crippen molar-refractivity contribution in [1.29, 1.82) is 0 Å². The second-order valence-electron chi connectivity index (χ2n) is 6.56. The van der Waals surface area contributed by atoms with Crippen molar-refractivity contribution >= 4 is 34.8 Å². The molecule has 0 unspecified atom stereocenters. The van der Waals surface area contributed by atoms with Crippen molar-refractivity contribution in [3.05, 3.63) is 58.7 Å². The molecule has 2 aromatic carbocycles. The van der Waals surface area contributed by atoms with Crippen molar-refractivity contribution < 1.29 is 14.7 Å². The van der Waals surface area contributed by atoms with Gasteiger partial charge in [0.2, 0.25) is 0 Å². The molecule has 1 heterocycles.